The maximum absolute atomic E-state index is 12.7. The van der Waals surface area contributed by atoms with Gasteiger partial charge in [0.05, 0.1) is 4.90 Å². The van der Waals surface area contributed by atoms with Gasteiger partial charge in [0.2, 0.25) is 0 Å². The average Bonchev–Trinajstić information content (AvgIpc) is 2.69. The molecule has 1 fully saturated rings. The summed E-state index contributed by atoms with van der Waals surface area (Å²) in [6, 6.07) is 3.07. The summed E-state index contributed by atoms with van der Waals surface area (Å²) < 4.78 is 23.1. The third-order valence-electron chi connectivity index (χ3n) is 4.20. The fraction of sp³-hybridized carbons (Fsp3) is 0.533. The first kappa shape index (κ1) is 16.3. The lowest BCUT2D eigenvalue weighted by molar-refractivity contribution is 0.0742. The number of likely N-dealkylation sites (tertiary alicyclic amines) is 1. The van der Waals surface area contributed by atoms with Crippen LogP contribution in [-0.2, 0) is 9.05 Å². The summed E-state index contributed by atoms with van der Waals surface area (Å²) in [5.41, 5.74) is 1.98. The van der Waals surface area contributed by atoms with Crippen molar-refractivity contribution in [3.8, 4) is 0 Å². The molecule has 0 spiro atoms. The second kappa shape index (κ2) is 5.61. The van der Waals surface area contributed by atoms with Crippen LogP contribution < -0.4 is 0 Å². The smallest absolute Gasteiger partial charge is 0.261 e. The summed E-state index contributed by atoms with van der Waals surface area (Å²) in [6.45, 7) is 8.45. The molecule has 0 bridgehead atoms. The number of amides is 1. The molecular weight excluding hydrogens is 310 g/mol. The monoisotopic (exact) mass is 329 g/mol. The van der Waals surface area contributed by atoms with Crippen LogP contribution >= 0.6 is 10.7 Å². The Morgan fingerprint density at radius 1 is 1.29 bits per heavy atom. The van der Waals surface area contributed by atoms with E-state index in [2.05, 4.69) is 6.92 Å². The average molecular weight is 330 g/mol. The molecule has 2 unspecified atom stereocenters. The zero-order valence-electron chi connectivity index (χ0n) is 12.7. The summed E-state index contributed by atoms with van der Waals surface area (Å²) in [6.07, 6.45) is 0.970. The molecule has 1 amide bonds. The van der Waals surface area contributed by atoms with Crippen molar-refractivity contribution in [3.05, 3.63) is 28.8 Å². The quantitative estimate of drug-likeness (QED) is 0.783. The minimum atomic E-state index is -3.84. The highest BCUT2D eigenvalue weighted by Gasteiger charge is 2.31. The van der Waals surface area contributed by atoms with Crippen LogP contribution in [0.3, 0.4) is 0 Å². The number of nitrogens with zero attached hydrogens (tertiary/aromatic N) is 1. The standard InChI is InChI=1S/C15H20ClNO3S/c1-9-5-11(3)17(8-9)15(18)14-7-13(21(16,19)20)6-10(2)12(14)4/h6-7,9,11H,5,8H2,1-4H3. The molecule has 21 heavy (non-hydrogen) atoms. The van der Waals surface area contributed by atoms with Gasteiger partial charge in [-0.15, -0.1) is 0 Å². The van der Waals surface area contributed by atoms with Crippen molar-refractivity contribution in [1.29, 1.82) is 0 Å². The number of carbonyl (C=O) groups excluding carboxylic acids is 1. The Bertz CT molecular complexity index is 684. The minimum Gasteiger partial charge on any atom is -0.336 e. The van der Waals surface area contributed by atoms with Crippen molar-refractivity contribution in [3.63, 3.8) is 0 Å². The largest absolute Gasteiger partial charge is 0.336 e. The molecule has 6 heteroatoms. The zero-order chi connectivity index (χ0) is 15.9. The molecular formula is C15H20ClNO3S. The van der Waals surface area contributed by atoms with E-state index in [1.165, 1.54) is 12.1 Å². The van der Waals surface area contributed by atoms with Crippen LogP contribution in [0.25, 0.3) is 0 Å². The van der Waals surface area contributed by atoms with Gasteiger partial charge in [0.25, 0.3) is 15.0 Å². The van der Waals surface area contributed by atoms with Crippen molar-refractivity contribution in [2.24, 2.45) is 5.92 Å². The lowest BCUT2D eigenvalue weighted by atomic mass is 10.0. The third-order valence-corrected chi connectivity index (χ3v) is 5.53. The maximum Gasteiger partial charge on any atom is 0.261 e. The molecule has 1 heterocycles. The summed E-state index contributed by atoms with van der Waals surface area (Å²) >= 11 is 0. The van der Waals surface area contributed by atoms with Crippen LogP contribution in [-0.4, -0.2) is 31.8 Å². The molecule has 116 valence electrons. The predicted molar refractivity (Wildman–Crippen MR) is 83.2 cm³/mol. The number of carbonyl (C=O) groups is 1. The van der Waals surface area contributed by atoms with Crippen molar-refractivity contribution < 1.29 is 13.2 Å². The molecule has 0 saturated carbocycles. The number of hydrogen-bond donors (Lipinski definition) is 0. The molecule has 1 aromatic rings. The van der Waals surface area contributed by atoms with Crippen LogP contribution in [0.2, 0.25) is 0 Å². The van der Waals surface area contributed by atoms with E-state index >= 15 is 0 Å². The van der Waals surface area contributed by atoms with Gasteiger partial charge in [-0.3, -0.25) is 4.79 Å². The number of halogens is 1. The molecule has 1 aromatic carbocycles. The number of benzene rings is 1. The Balaban J connectivity index is 2.48. The van der Waals surface area contributed by atoms with E-state index in [1.807, 2.05) is 18.7 Å². The highest BCUT2D eigenvalue weighted by Crippen LogP contribution is 2.28. The number of rotatable bonds is 2. The third kappa shape index (κ3) is 3.24. The fourth-order valence-electron chi connectivity index (χ4n) is 2.93. The van der Waals surface area contributed by atoms with Crippen LogP contribution in [0.4, 0.5) is 0 Å². The zero-order valence-corrected chi connectivity index (χ0v) is 14.3. The topological polar surface area (TPSA) is 54.5 Å². The lowest BCUT2D eigenvalue weighted by Gasteiger charge is -2.23. The van der Waals surface area contributed by atoms with E-state index in [-0.39, 0.29) is 16.8 Å². The highest BCUT2D eigenvalue weighted by atomic mass is 35.7. The number of hydrogen-bond acceptors (Lipinski definition) is 3. The summed E-state index contributed by atoms with van der Waals surface area (Å²) in [4.78, 5) is 14.5. The van der Waals surface area contributed by atoms with Gasteiger partial charge >= 0.3 is 0 Å². The second-order valence-electron chi connectivity index (χ2n) is 6.00. The molecule has 0 aliphatic carbocycles. The van der Waals surface area contributed by atoms with E-state index in [1.54, 1.807) is 6.92 Å². The van der Waals surface area contributed by atoms with Crippen LogP contribution in [0, 0.1) is 19.8 Å². The van der Waals surface area contributed by atoms with Crippen molar-refractivity contribution in [1.82, 2.24) is 4.90 Å². The van der Waals surface area contributed by atoms with E-state index in [0.717, 1.165) is 17.5 Å². The van der Waals surface area contributed by atoms with Gasteiger partial charge in [-0.05, 0) is 56.4 Å². The van der Waals surface area contributed by atoms with E-state index in [0.29, 0.717) is 18.0 Å². The van der Waals surface area contributed by atoms with Crippen LogP contribution in [0.5, 0.6) is 0 Å². The Morgan fingerprint density at radius 3 is 2.38 bits per heavy atom. The Kier molecular flexibility index (Phi) is 4.36. The molecule has 0 radical (unpaired) electrons. The second-order valence-corrected chi connectivity index (χ2v) is 8.56. The van der Waals surface area contributed by atoms with Crippen molar-refractivity contribution >= 4 is 25.6 Å². The van der Waals surface area contributed by atoms with Gasteiger partial charge in [0, 0.05) is 28.8 Å². The lowest BCUT2D eigenvalue weighted by Crippen LogP contribution is -2.34. The first-order valence-electron chi connectivity index (χ1n) is 6.98. The first-order valence-corrected chi connectivity index (χ1v) is 9.29. The molecule has 4 nitrogen and oxygen atoms in total. The Labute approximate surface area is 130 Å². The van der Waals surface area contributed by atoms with Gasteiger partial charge in [-0.1, -0.05) is 6.92 Å². The summed E-state index contributed by atoms with van der Waals surface area (Å²) in [7, 11) is 1.57. The fourth-order valence-corrected chi connectivity index (χ4v) is 3.77. The SMILES string of the molecule is Cc1cc(S(=O)(=O)Cl)cc(C(=O)N2CC(C)CC2C)c1C. The van der Waals surface area contributed by atoms with Crippen molar-refractivity contribution in [2.75, 3.05) is 6.54 Å². The normalized spacial score (nSPS) is 22.6. The van der Waals surface area contributed by atoms with Gasteiger partial charge in [0.15, 0.2) is 0 Å². The van der Waals surface area contributed by atoms with Gasteiger partial charge in [0.1, 0.15) is 0 Å². The van der Waals surface area contributed by atoms with Crippen LogP contribution in [0.1, 0.15) is 41.8 Å². The van der Waals surface area contributed by atoms with E-state index in [4.69, 9.17) is 10.7 Å². The Hall–Kier alpha value is -1.07. The maximum atomic E-state index is 12.7. The number of aryl methyl sites for hydroxylation is 1. The molecule has 1 aliphatic rings. The molecule has 0 aromatic heterocycles. The highest BCUT2D eigenvalue weighted by molar-refractivity contribution is 8.13. The van der Waals surface area contributed by atoms with Crippen LogP contribution in [0.15, 0.2) is 17.0 Å². The van der Waals surface area contributed by atoms with Crippen molar-refractivity contribution in [2.45, 2.75) is 45.1 Å². The first-order chi connectivity index (χ1) is 9.61. The van der Waals surface area contributed by atoms with E-state index in [9.17, 15) is 13.2 Å². The summed E-state index contributed by atoms with van der Waals surface area (Å²) in [5, 5.41) is 0. The van der Waals surface area contributed by atoms with Gasteiger partial charge in [-0.2, -0.15) is 0 Å². The predicted octanol–water partition coefficient (Wildman–Crippen LogP) is 3.10. The van der Waals surface area contributed by atoms with Gasteiger partial charge in [-0.25, -0.2) is 8.42 Å². The molecule has 0 N–H and O–H groups in total. The minimum absolute atomic E-state index is 0.0180. The van der Waals surface area contributed by atoms with Gasteiger partial charge < -0.3 is 4.90 Å². The Morgan fingerprint density at radius 2 is 1.90 bits per heavy atom. The molecule has 2 rings (SSSR count). The molecule has 2 atom stereocenters. The van der Waals surface area contributed by atoms with E-state index < -0.39 is 9.05 Å². The molecule has 1 saturated heterocycles. The summed E-state index contributed by atoms with van der Waals surface area (Å²) in [5.74, 6) is 0.347. The molecule has 1 aliphatic heterocycles.